The van der Waals surface area contributed by atoms with Crippen LogP contribution in [0.3, 0.4) is 0 Å². The fourth-order valence-corrected chi connectivity index (χ4v) is 4.66. The third-order valence-corrected chi connectivity index (χ3v) is 6.84. The number of nitro groups is 1. The molecule has 0 bridgehead atoms. The molecule has 2 rings (SSSR count). The van der Waals surface area contributed by atoms with Crippen molar-refractivity contribution in [3.8, 4) is 0 Å². The number of carbonyl (C=O) groups is 4. The molecule has 15 heteroatoms. The summed E-state index contributed by atoms with van der Waals surface area (Å²) in [4.78, 5) is 65.1. The maximum atomic E-state index is 13.3. The van der Waals surface area contributed by atoms with E-state index in [1.807, 2.05) is 0 Å². The molecule has 0 spiro atoms. The van der Waals surface area contributed by atoms with Crippen LogP contribution < -0.4 is 27.4 Å². The van der Waals surface area contributed by atoms with Gasteiger partial charge in [-0.3, -0.25) is 29.5 Å². The third kappa shape index (κ3) is 11.0. The Labute approximate surface area is 237 Å². The molecule has 1 aromatic carbocycles. The van der Waals surface area contributed by atoms with Crippen molar-refractivity contribution in [2.45, 2.75) is 82.5 Å². The number of hydrogen-bond acceptors (Lipinski definition) is 8. The number of guanidine groups is 1. The topological polar surface area (TPSA) is 252 Å². The molecule has 4 atom stereocenters. The Kier molecular flexibility index (Phi) is 12.9. The highest BCUT2D eigenvalue weighted by atomic mass is 16.6. The molecule has 226 valence electrons. The van der Waals surface area contributed by atoms with Gasteiger partial charge in [-0.1, -0.05) is 31.4 Å². The number of nitrogens with one attached hydrogen (secondary N) is 3. The van der Waals surface area contributed by atoms with Crippen LogP contribution in [0.4, 0.5) is 5.69 Å². The van der Waals surface area contributed by atoms with Crippen molar-refractivity contribution < 1.29 is 34.3 Å². The fraction of sp³-hybridized carbons (Fsp3) is 0.577. The van der Waals surface area contributed by atoms with Gasteiger partial charge in [-0.05, 0) is 37.7 Å². The monoisotopic (exact) mass is 577 g/mol. The van der Waals surface area contributed by atoms with Gasteiger partial charge in [0.1, 0.15) is 18.1 Å². The van der Waals surface area contributed by atoms with Crippen molar-refractivity contribution in [1.29, 1.82) is 0 Å². The minimum Gasteiger partial charge on any atom is -0.480 e. The number of carboxylic acids is 1. The molecule has 1 aliphatic carbocycles. The molecule has 1 unspecified atom stereocenters. The van der Waals surface area contributed by atoms with Gasteiger partial charge in [0.05, 0.1) is 11.0 Å². The lowest BCUT2D eigenvalue weighted by molar-refractivity contribution is -0.384. The predicted molar refractivity (Wildman–Crippen MR) is 148 cm³/mol. The van der Waals surface area contributed by atoms with E-state index in [-0.39, 0.29) is 43.4 Å². The largest absolute Gasteiger partial charge is 0.480 e. The minimum absolute atomic E-state index is 0.0250. The van der Waals surface area contributed by atoms with Gasteiger partial charge in [-0.2, -0.15) is 0 Å². The number of hydrogen-bond donors (Lipinski definition) is 7. The van der Waals surface area contributed by atoms with Gasteiger partial charge in [0, 0.05) is 31.5 Å². The molecule has 9 N–H and O–H groups in total. The highest BCUT2D eigenvalue weighted by molar-refractivity contribution is 5.94. The van der Waals surface area contributed by atoms with Gasteiger partial charge in [0.15, 0.2) is 5.96 Å². The molecular weight excluding hydrogens is 538 g/mol. The Morgan fingerprint density at radius 1 is 1.05 bits per heavy atom. The molecule has 0 aromatic heterocycles. The highest BCUT2D eigenvalue weighted by Gasteiger charge is 2.35. The van der Waals surface area contributed by atoms with Crippen molar-refractivity contribution in [3.63, 3.8) is 0 Å². The molecule has 0 radical (unpaired) electrons. The second-order valence-electron chi connectivity index (χ2n) is 10.1. The number of rotatable bonds is 15. The van der Waals surface area contributed by atoms with Gasteiger partial charge >= 0.3 is 5.97 Å². The summed E-state index contributed by atoms with van der Waals surface area (Å²) in [5.41, 5.74) is 10.9. The molecule has 15 nitrogen and oxygen atoms in total. The van der Waals surface area contributed by atoms with Crippen molar-refractivity contribution in [3.05, 3.63) is 39.9 Å². The van der Waals surface area contributed by atoms with Gasteiger partial charge < -0.3 is 37.6 Å². The number of nitrogens with two attached hydrogens (primary N) is 2. The number of aliphatic hydroxyl groups excluding tert-OH is 1. The number of nitrogens with zero attached hydrogens (tertiary/aromatic N) is 2. The Morgan fingerprint density at radius 2 is 1.68 bits per heavy atom. The maximum absolute atomic E-state index is 13.3. The van der Waals surface area contributed by atoms with Gasteiger partial charge in [0.25, 0.3) is 5.69 Å². The van der Waals surface area contributed by atoms with Crippen LogP contribution in [0.25, 0.3) is 0 Å². The van der Waals surface area contributed by atoms with Crippen LogP contribution >= 0.6 is 0 Å². The number of non-ortho nitro benzene ring substituents is 1. The number of aliphatic hydroxyl groups is 1. The number of carbonyl (C=O) groups excluding carboxylic acids is 3. The van der Waals surface area contributed by atoms with Crippen LogP contribution in [0.2, 0.25) is 0 Å². The minimum atomic E-state index is -1.51. The van der Waals surface area contributed by atoms with Crippen molar-refractivity contribution in [2.75, 3.05) is 6.54 Å². The first kappa shape index (κ1) is 32.9. The summed E-state index contributed by atoms with van der Waals surface area (Å²) < 4.78 is 0. The van der Waals surface area contributed by atoms with Gasteiger partial charge in [-0.25, -0.2) is 4.79 Å². The molecule has 0 saturated heterocycles. The molecule has 1 aromatic rings. The number of nitro benzene ring substituents is 1. The lowest BCUT2D eigenvalue weighted by atomic mass is 9.83. The van der Waals surface area contributed by atoms with Crippen LogP contribution in [-0.4, -0.2) is 75.6 Å². The lowest BCUT2D eigenvalue weighted by Gasteiger charge is -2.30. The van der Waals surface area contributed by atoms with Crippen LogP contribution in [-0.2, 0) is 25.6 Å². The van der Waals surface area contributed by atoms with Crippen LogP contribution in [0.1, 0.15) is 57.4 Å². The zero-order chi connectivity index (χ0) is 30.5. The summed E-state index contributed by atoms with van der Waals surface area (Å²) in [6, 6.07) is 1.46. The Hall–Kier alpha value is -4.27. The van der Waals surface area contributed by atoms with E-state index in [1.54, 1.807) is 0 Å². The third-order valence-electron chi connectivity index (χ3n) is 6.84. The van der Waals surface area contributed by atoms with Gasteiger partial charge in [0.2, 0.25) is 17.7 Å². The van der Waals surface area contributed by atoms with Crippen molar-refractivity contribution in [1.82, 2.24) is 16.0 Å². The molecule has 1 saturated carbocycles. The second kappa shape index (κ2) is 16.1. The molecule has 0 aliphatic heterocycles. The molecule has 1 fully saturated rings. The predicted octanol–water partition coefficient (Wildman–Crippen LogP) is -0.309. The second-order valence-corrected chi connectivity index (χ2v) is 10.1. The Morgan fingerprint density at radius 3 is 2.22 bits per heavy atom. The fourth-order valence-electron chi connectivity index (χ4n) is 4.66. The van der Waals surface area contributed by atoms with E-state index < -0.39 is 52.8 Å². The van der Waals surface area contributed by atoms with Crippen molar-refractivity contribution >= 4 is 35.3 Å². The molecule has 3 amide bonds. The summed E-state index contributed by atoms with van der Waals surface area (Å²) in [5.74, 6) is -3.81. The van der Waals surface area contributed by atoms with E-state index in [9.17, 15) is 39.5 Å². The van der Waals surface area contributed by atoms with E-state index in [0.29, 0.717) is 18.4 Å². The van der Waals surface area contributed by atoms with Crippen molar-refractivity contribution in [2.24, 2.45) is 22.4 Å². The molecule has 0 heterocycles. The number of benzene rings is 1. The number of amides is 3. The van der Waals surface area contributed by atoms with Crippen LogP contribution in [0.15, 0.2) is 29.3 Å². The van der Waals surface area contributed by atoms with E-state index in [0.717, 1.165) is 19.3 Å². The number of aliphatic imine (C=N–C) groups is 1. The molecule has 1 aliphatic rings. The molecule has 41 heavy (non-hydrogen) atoms. The standard InChI is InChI=1S/C26H39N7O8/c1-15(34)21(24(37)32-22(25(38)39)17-6-3-2-4-7-17)31-23(36)19(30-20(35)8-5-13-29-26(27)28)14-16-9-11-18(12-10-16)33(40)41/h9-12,15,17,19,21-22,34H,2-8,13-14H2,1H3,(H,30,35)(H,31,36)(H,32,37)(H,38,39)(H4,27,28,29)/t15?,19-,21-,22-/m0/s1. The summed E-state index contributed by atoms with van der Waals surface area (Å²) in [7, 11) is 0. The zero-order valence-corrected chi connectivity index (χ0v) is 23.0. The molecular formula is C26H39N7O8. The summed E-state index contributed by atoms with van der Waals surface area (Å²) in [6.07, 6.45) is 2.72. The average Bonchev–Trinajstić information content (AvgIpc) is 2.92. The first-order valence-electron chi connectivity index (χ1n) is 13.5. The summed E-state index contributed by atoms with van der Waals surface area (Å²) >= 11 is 0. The Bertz CT molecular complexity index is 1100. The van der Waals surface area contributed by atoms with Crippen LogP contribution in [0.5, 0.6) is 0 Å². The normalized spacial score (nSPS) is 16.3. The zero-order valence-electron chi connectivity index (χ0n) is 23.0. The number of aliphatic carboxylic acids is 1. The quantitative estimate of drug-likeness (QED) is 0.0470. The van der Waals surface area contributed by atoms with Gasteiger partial charge in [-0.15, -0.1) is 0 Å². The maximum Gasteiger partial charge on any atom is 0.326 e. The highest BCUT2D eigenvalue weighted by Crippen LogP contribution is 2.26. The SMILES string of the molecule is CC(O)[C@H](NC(=O)[C@H](Cc1ccc([N+](=O)[O-])cc1)NC(=O)CCCN=C(N)N)C(=O)N[C@H](C(=O)O)C1CCCCC1. The van der Waals surface area contributed by atoms with E-state index in [4.69, 9.17) is 11.5 Å². The average molecular weight is 578 g/mol. The smallest absolute Gasteiger partial charge is 0.326 e. The van der Waals surface area contributed by atoms with E-state index >= 15 is 0 Å². The first-order valence-corrected chi connectivity index (χ1v) is 13.5. The summed E-state index contributed by atoms with van der Waals surface area (Å²) in [6.45, 7) is 1.46. The summed E-state index contributed by atoms with van der Waals surface area (Å²) in [5, 5.41) is 38.5. The van der Waals surface area contributed by atoms with E-state index in [2.05, 4.69) is 20.9 Å². The number of carboxylic acid groups (broad SMARTS) is 1. The lowest BCUT2D eigenvalue weighted by Crippen LogP contribution is -2.60. The van der Waals surface area contributed by atoms with E-state index in [1.165, 1.54) is 31.2 Å². The Balaban J connectivity index is 2.18. The first-order chi connectivity index (χ1) is 19.4. The van der Waals surface area contributed by atoms with Crippen LogP contribution in [0, 0.1) is 16.0 Å².